The summed E-state index contributed by atoms with van der Waals surface area (Å²) in [4.78, 5) is 19.2. The van der Waals surface area contributed by atoms with Gasteiger partial charge in [-0.3, -0.25) is 15.1 Å². The number of aromatic nitrogens is 3. The van der Waals surface area contributed by atoms with Crippen LogP contribution in [0.3, 0.4) is 0 Å². The number of halogens is 6. The quantitative estimate of drug-likeness (QED) is 0.615. The Kier molecular flexibility index (Phi) is 5.06. The zero-order valence-corrected chi connectivity index (χ0v) is 14.3. The van der Waals surface area contributed by atoms with Crippen molar-refractivity contribution in [2.45, 2.75) is 12.4 Å². The Morgan fingerprint density at radius 2 is 1.75 bits per heavy atom. The van der Waals surface area contributed by atoms with Crippen molar-refractivity contribution in [3.8, 4) is 11.4 Å². The minimum atomic E-state index is -4.63. The van der Waals surface area contributed by atoms with E-state index in [1.165, 1.54) is 12.1 Å². The lowest BCUT2D eigenvalue weighted by Gasteiger charge is -2.07. The van der Waals surface area contributed by atoms with Gasteiger partial charge < -0.3 is 0 Å². The summed E-state index contributed by atoms with van der Waals surface area (Å²) in [6.07, 6.45) is -8.40. The molecule has 0 radical (unpaired) electrons. The molecule has 1 aromatic carbocycles. The number of amides is 1. The van der Waals surface area contributed by atoms with E-state index in [9.17, 15) is 31.1 Å². The molecule has 1 amide bonds. The Morgan fingerprint density at radius 1 is 1.00 bits per heavy atom. The molecule has 0 aliphatic carbocycles. The molecule has 2 aromatic heterocycles. The average Bonchev–Trinajstić information content (AvgIpc) is 3.09. The molecule has 0 atom stereocenters. The molecule has 5 nitrogen and oxygen atoms in total. The zero-order valence-electron chi connectivity index (χ0n) is 13.5. The second-order valence-electron chi connectivity index (χ2n) is 5.39. The van der Waals surface area contributed by atoms with Gasteiger partial charge in [0, 0.05) is 23.3 Å². The molecule has 0 aliphatic heterocycles. The Balaban J connectivity index is 1.75. The van der Waals surface area contributed by atoms with E-state index in [0.717, 1.165) is 24.4 Å². The molecule has 12 heteroatoms. The minimum Gasteiger partial charge on any atom is -0.297 e. The number of benzene rings is 1. The first-order chi connectivity index (χ1) is 13.0. The number of carbonyl (C=O) groups excluding carboxylic acids is 1. The van der Waals surface area contributed by atoms with Crippen LogP contribution in [0.15, 0.2) is 42.6 Å². The molecule has 0 fully saturated rings. The number of hydrogen-bond acceptors (Lipinski definition) is 5. The lowest BCUT2D eigenvalue weighted by molar-refractivity contribution is -0.141. The number of carbonyl (C=O) groups is 1. The highest BCUT2D eigenvalue weighted by atomic mass is 32.1. The summed E-state index contributed by atoms with van der Waals surface area (Å²) in [5.74, 6) is -0.815. The monoisotopic (exact) mass is 418 g/mol. The number of alkyl halides is 6. The lowest BCUT2D eigenvalue weighted by atomic mass is 10.1. The van der Waals surface area contributed by atoms with Crippen LogP contribution in [0.1, 0.15) is 21.6 Å². The minimum absolute atomic E-state index is 0.0303. The van der Waals surface area contributed by atoms with Crippen LogP contribution in [0.25, 0.3) is 11.4 Å². The first-order valence-corrected chi connectivity index (χ1v) is 8.17. The molecule has 3 rings (SSSR count). The van der Waals surface area contributed by atoms with Crippen LogP contribution >= 0.6 is 11.5 Å². The van der Waals surface area contributed by atoms with Crippen LogP contribution in [-0.2, 0) is 12.4 Å². The van der Waals surface area contributed by atoms with Crippen molar-refractivity contribution >= 4 is 22.6 Å². The predicted octanol–water partition coefficient (Wildman–Crippen LogP) is 4.89. The van der Waals surface area contributed by atoms with Crippen LogP contribution in [0.2, 0.25) is 0 Å². The van der Waals surface area contributed by atoms with Crippen molar-refractivity contribution in [3.05, 3.63) is 59.4 Å². The summed E-state index contributed by atoms with van der Waals surface area (Å²) in [6.45, 7) is 0. The number of anilines is 1. The summed E-state index contributed by atoms with van der Waals surface area (Å²) in [7, 11) is 0. The number of nitrogens with one attached hydrogen (secondary N) is 1. The maximum absolute atomic E-state index is 12.8. The van der Waals surface area contributed by atoms with Crippen molar-refractivity contribution in [1.29, 1.82) is 0 Å². The molecule has 0 unspecified atom stereocenters. The van der Waals surface area contributed by atoms with Crippen molar-refractivity contribution < 1.29 is 31.1 Å². The average molecular weight is 418 g/mol. The fraction of sp³-hybridized carbons (Fsp3) is 0.125. The number of nitrogens with zero attached hydrogens (tertiary/aromatic N) is 3. The molecule has 0 aliphatic rings. The zero-order chi connectivity index (χ0) is 20.5. The normalized spacial score (nSPS) is 12.1. The SMILES string of the molecule is O=C(Nc1nc(-c2cccc(C(F)(F)F)c2)ns1)c1ccc(C(F)(F)F)nc1. The molecule has 28 heavy (non-hydrogen) atoms. The highest BCUT2D eigenvalue weighted by Gasteiger charge is 2.32. The third kappa shape index (κ3) is 4.44. The van der Waals surface area contributed by atoms with E-state index in [4.69, 9.17) is 0 Å². The van der Waals surface area contributed by atoms with Crippen LogP contribution < -0.4 is 5.32 Å². The van der Waals surface area contributed by atoms with Gasteiger partial charge in [0.15, 0.2) is 5.82 Å². The molecule has 0 saturated heterocycles. The topological polar surface area (TPSA) is 67.8 Å². The number of hydrogen-bond donors (Lipinski definition) is 1. The van der Waals surface area contributed by atoms with Crippen LogP contribution in [-0.4, -0.2) is 20.2 Å². The summed E-state index contributed by atoms with van der Waals surface area (Å²) in [5, 5.41) is 2.28. The largest absolute Gasteiger partial charge is 0.433 e. The van der Waals surface area contributed by atoms with Gasteiger partial charge in [0.2, 0.25) is 5.13 Å². The van der Waals surface area contributed by atoms with Crippen LogP contribution in [0.4, 0.5) is 31.5 Å². The Labute approximate surface area is 157 Å². The van der Waals surface area contributed by atoms with Gasteiger partial charge >= 0.3 is 12.4 Å². The molecule has 0 bridgehead atoms. The van der Waals surface area contributed by atoms with Crippen molar-refractivity contribution in [2.24, 2.45) is 0 Å². The number of pyridine rings is 1. The van der Waals surface area contributed by atoms with Gasteiger partial charge in [0.25, 0.3) is 5.91 Å². The van der Waals surface area contributed by atoms with E-state index in [-0.39, 0.29) is 22.1 Å². The Hall–Kier alpha value is -3.02. The maximum Gasteiger partial charge on any atom is 0.433 e. The van der Waals surface area contributed by atoms with Crippen LogP contribution in [0.5, 0.6) is 0 Å². The second-order valence-corrected chi connectivity index (χ2v) is 6.14. The van der Waals surface area contributed by atoms with Gasteiger partial charge in [-0.1, -0.05) is 12.1 Å². The lowest BCUT2D eigenvalue weighted by Crippen LogP contribution is -2.14. The highest BCUT2D eigenvalue weighted by Crippen LogP contribution is 2.32. The van der Waals surface area contributed by atoms with Gasteiger partial charge in [-0.15, -0.1) is 0 Å². The van der Waals surface area contributed by atoms with E-state index in [1.807, 2.05) is 0 Å². The molecule has 1 N–H and O–H groups in total. The van der Waals surface area contributed by atoms with Crippen molar-refractivity contribution in [2.75, 3.05) is 5.32 Å². The van der Waals surface area contributed by atoms with Gasteiger partial charge in [0.05, 0.1) is 11.1 Å². The van der Waals surface area contributed by atoms with E-state index in [0.29, 0.717) is 17.6 Å². The fourth-order valence-corrected chi connectivity index (χ4v) is 2.68. The smallest absolute Gasteiger partial charge is 0.297 e. The summed E-state index contributed by atoms with van der Waals surface area (Å²) < 4.78 is 79.7. The molecule has 146 valence electrons. The highest BCUT2D eigenvalue weighted by molar-refractivity contribution is 7.10. The van der Waals surface area contributed by atoms with Crippen LogP contribution in [0, 0.1) is 0 Å². The summed E-state index contributed by atoms with van der Waals surface area (Å²) in [5.41, 5.74) is -2.07. The third-order valence-electron chi connectivity index (χ3n) is 3.41. The van der Waals surface area contributed by atoms with Gasteiger partial charge in [-0.2, -0.15) is 35.7 Å². The standard InChI is InChI=1S/C16H8F6N4OS/c17-15(18,19)10-3-1-2-8(6-10)12-24-14(28-26-12)25-13(27)9-4-5-11(23-7-9)16(20,21)22/h1-7H,(H,24,25,26,27). The van der Waals surface area contributed by atoms with Crippen molar-refractivity contribution in [1.82, 2.24) is 14.3 Å². The van der Waals surface area contributed by atoms with Gasteiger partial charge in [-0.05, 0) is 24.3 Å². The van der Waals surface area contributed by atoms with E-state index >= 15 is 0 Å². The molecule has 2 heterocycles. The van der Waals surface area contributed by atoms with Gasteiger partial charge in [-0.25, -0.2) is 0 Å². The van der Waals surface area contributed by atoms with Gasteiger partial charge in [0.1, 0.15) is 5.69 Å². The van der Waals surface area contributed by atoms with E-state index in [2.05, 4.69) is 19.7 Å². The molecule has 3 aromatic rings. The predicted molar refractivity (Wildman–Crippen MR) is 87.5 cm³/mol. The summed E-state index contributed by atoms with van der Waals surface area (Å²) in [6, 6.07) is 5.95. The van der Waals surface area contributed by atoms with E-state index < -0.39 is 29.5 Å². The summed E-state index contributed by atoms with van der Waals surface area (Å²) >= 11 is 0.713. The Morgan fingerprint density at radius 3 is 2.36 bits per heavy atom. The molecular weight excluding hydrogens is 410 g/mol. The van der Waals surface area contributed by atoms with E-state index in [1.54, 1.807) is 0 Å². The molecule has 0 saturated carbocycles. The fourth-order valence-electron chi connectivity index (χ4n) is 2.09. The maximum atomic E-state index is 12.8. The third-order valence-corrected chi connectivity index (χ3v) is 4.04. The van der Waals surface area contributed by atoms with Crippen molar-refractivity contribution in [3.63, 3.8) is 0 Å². The first kappa shape index (κ1) is 19.7. The Bertz CT molecular complexity index is 997. The second kappa shape index (κ2) is 7.19. The number of rotatable bonds is 3. The molecule has 0 spiro atoms. The molecular formula is C16H8F6N4OS. The first-order valence-electron chi connectivity index (χ1n) is 7.40.